The third-order valence-corrected chi connectivity index (χ3v) is 4.31. The van der Waals surface area contributed by atoms with Crippen LogP contribution in [-0.2, 0) is 13.1 Å². The molecule has 4 nitrogen and oxygen atoms in total. The van der Waals surface area contributed by atoms with Gasteiger partial charge in [0, 0.05) is 11.4 Å². The van der Waals surface area contributed by atoms with Crippen LogP contribution in [0.3, 0.4) is 0 Å². The van der Waals surface area contributed by atoms with Crippen LogP contribution >= 0.6 is 11.3 Å². The highest BCUT2D eigenvalue weighted by atomic mass is 32.1. The molecule has 2 aromatic rings. The van der Waals surface area contributed by atoms with Gasteiger partial charge >= 0.3 is 0 Å². The Morgan fingerprint density at radius 1 is 1.27 bits per heavy atom. The summed E-state index contributed by atoms with van der Waals surface area (Å²) in [7, 11) is 1.68. The number of benzene rings is 1. The summed E-state index contributed by atoms with van der Waals surface area (Å²) in [5.41, 5.74) is 2.45. The highest BCUT2D eigenvalue weighted by Gasteiger charge is 2.02. The Morgan fingerprint density at radius 3 is 2.82 bits per heavy atom. The molecular formula is C17H23N3OS. The van der Waals surface area contributed by atoms with Crippen molar-refractivity contribution in [1.29, 1.82) is 0 Å². The monoisotopic (exact) mass is 317 g/mol. The van der Waals surface area contributed by atoms with Crippen molar-refractivity contribution in [2.75, 3.05) is 13.7 Å². The molecule has 2 rings (SSSR count). The van der Waals surface area contributed by atoms with Gasteiger partial charge < -0.3 is 15.4 Å². The molecular weight excluding hydrogens is 294 g/mol. The van der Waals surface area contributed by atoms with Gasteiger partial charge in [-0.3, -0.25) is 0 Å². The van der Waals surface area contributed by atoms with E-state index in [0.717, 1.165) is 30.4 Å². The topological polar surface area (TPSA) is 45.7 Å². The molecule has 0 atom stereocenters. The van der Waals surface area contributed by atoms with E-state index in [0.29, 0.717) is 6.54 Å². The van der Waals surface area contributed by atoms with Gasteiger partial charge in [-0.15, -0.1) is 11.3 Å². The van der Waals surface area contributed by atoms with E-state index < -0.39 is 0 Å². The van der Waals surface area contributed by atoms with Gasteiger partial charge in [0.15, 0.2) is 5.96 Å². The summed E-state index contributed by atoms with van der Waals surface area (Å²) in [4.78, 5) is 5.97. The number of nitrogens with zero attached hydrogens (tertiary/aromatic N) is 1. The van der Waals surface area contributed by atoms with Gasteiger partial charge in [-0.25, -0.2) is 4.99 Å². The molecule has 0 fully saturated rings. The van der Waals surface area contributed by atoms with Gasteiger partial charge in [0.1, 0.15) is 5.75 Å². The molecule has 0 saturated carbocycles. The second-order valence-corrected chi connectivity index (χ2v) is 5.93. The fourth-order valence-corrected chi connectivity index (χ4v) is 2.88. The lowest BCUT2D eigenvalue weighted by Gasteiger charge is -2.11. The minimum absolute atomic E-state index is 0.621. The van der Waals surface area contributed by atoms with E-state index in [9.17, 15) is 0 Å². The van der Waals surface area contributed by atoms with Gasteiger partial charge in [0.25, 0.3) is 0 Å². The van der Waals surface area contributed by atoms with E-state index in [1.807, 2.05) is 18.2 Å². The molecule has 0 saturated heterocycles. The molecule has 0 radical (unpaired) electrons. The predicted molar refractivity (Wildman–Crippen MR) is 93.7 cm³/mol. The molecule has 0 aliphatic rings. The number of aliphatic imine (C=N–C) groups is 1. The van der Waals surface area contributed by atoms with Gasteiger partial charge in [0.05, 0.1) is 20.2 Å². The second-order valence-electron chi connectivity index (χ2n) is 4.93. The zero-order chi connectivity index (χ0) is 15.8. The number of thiophene rings is 1. The lowest BCUT2D eigenvalue weighted by atomic mass is 10.2. The number of aryl methyl sites for hydroxylation is 1. The Kier molecular flexibility index (Phi) is 6.27. The fraction of sp³-hybridized carbons (Fsp3) is 0.353. The Morgan fingerprint density at radius 2 is 2.14 bits per heavy atom. The first-order chi connectivity index (χ1) is 10.7. The van der Waals surface area contributed by atoms with Crippen molar-refractivity contribution in [3.05, 3.63) is 51.7 Å². The number of ether oxygens (including phenoxy) is 1. The Hall–Kier alpha value is -2.01. The largest absolute Gasteiger partial charge is 0.497 e. The van der Waals surface area contributed by atoms with Crippen LogP contribution in [0.5, 0.6) is 5.75 Å². The molecule has 0 amide bonds. The van der Waals surface area contributed by atoms with E-state index in [2.05, 4.69) is 47.0 Å². The van der Waals surface area contributed by atoms with Crippen LogP contribution in [-0.4, -0.2) is 19.6 Å². The summed E-state index contributed by atoms with van der Waals surface area (Å²) in [5, 5.41) is 8.77. The van der Waals surface area contributed by atoms with Crippen molar-refractivity contribution in [3.63, 3.8) is 0 Å². The zero-order valence-electron chi connectivity index (χ0n) is 13.3. The fourth-order valence-electron chi connectivity index (χ4n) is 2.03. The van der Waals surface area contributed by atoms with Crippen LogP contribution in [0.25, 0.3) is 0 Å². The average Bonchev–Trinajstić information content (AvgIpc) is 2.95. The summed E-state index contributed by atoms with van der Waals surface area (Å²) in [6.45, 7) is 6.46. The molecule has 0 bridgehead atoms. The Labute approximate surface area is 136 Å². The average molecular weight is 317 g/mol. The number of guanidine groups is 1. The smallest absolute Gasteiger partial charge is 0.191 e. The maximum Gasteiger partial charge on any atom is 0.191 e. The van der Waals surface area contributed by atoms with Crippen LogP contribution in [0.15, 0.2) is 40.7 Å². The summed E-state index contributed by atoms with van der Waals surface area (Å²) in [6.07, 6.45) is 0. The van der Waals surface area contributed by atoms with Gasteiger partial charge in [-0.2, -0.15) is 0 Å². The van der Waals surface area contributed by atoms with Gasteiger partial charge in [-0.05, 0) is 48.6 Å². The minimum Gasteiger partial charge on any atom is -0.497 e. The van der Waals surface area contributed by atoms with Crippen molar-refractivity contribution in [1.82, 2.24) is 10.6 Å². The highest BCUT2D eigenvalue weighted by Crippen LogP contribution is 2.15. The number of hydrogen-bond donors (Lipinski definition) is 2. The van der Waals surface area contributed by atoms with Crippen molar-refractivity contribution in [2.45, 2.75) is 26.9 Å². The highest BCUT2D eigenvalue weighted by molar-refractivity contribution is 7.10. The molecule has 2 N–H and O–H groups in total. The maximum absolute atomic E-state index is 5.24. The summed E-state index contributed by atoms with van der Waals surface area (Å²) >= 11 is 1.77. The van der Waals surface area contributed by atoms with Crippen LogP contribution in [0.4, 0.5) is 0 Å². The van der Waals surface area contributed by atoms with E-state index in [-0.39, 0.29) is 0 Å². The molecule has 22 heavy (non-hydrogen) atoms. The molecule has 5 heteroatoms. The molecule has 0 unspecified atom stereocenters. The summed E-state index contributed by atoms with van der Waals surface area (Å²) in [5.74, 6) is 1.69. The van der Waals surface area contributed by atoms with Crippen molar-refractivity contribution < 1.29 is 4.74 Å². The zero-order valence-corrected chi connectivity index (χ0v) is 14.2. The normalized spacial score (nSPS) is 11.3. The van der Waals surface area contributed by atoms with E-state index in [1.165, 1.54) is 10.4 Å². The quantitative estimate of drug-likeness (QED) is 0.634. The third-order valence-electron chi connectivity index (χ3n) is 3.28. The number of methoxy groups -OCH3 is 1. The predicted octanol–water partition coefficient (Wildman–Crippen LogP) is 3.32. The number of hydrogen-bond acceptors (Lipinski definition) is 3. The Balaban J connectivity index is 1.98. The maximum atomic E-state index is 5.24. The minimum atomic E-state index is 0.621. The molecule has 0 aliphatic carbocycles. The number of nitrogens with one attached hydrogen (secondary N) is 2. The van der Waals surface area contributed by atoms with Gasteiger partial charge in [-0.1, -0.05) is 12.1 Å². The van der Waals surface area contributed by atoms with Crippen LogP contribution in [0, 0.1) is 6.92 Å². The lowest BCUT2D eigenvalue weighted by Crippen LogP contribution is -2.36. The van der Waals surface area contributed by atoms with Crippen molar-refractivity contribution in [3.8, 4) is 5.75 Å². The third kappa shape index (κ3) is 4.77. The molecule has 118 valence electrons. The van der Waals surface area contributed by atoms with Crippen molar-refractivity contribution in [2.24, 2.45) is 4.99 Å². The summed E-state index contributed by atoms with van der Waals surface area (Å²) in [6, 6.07) is 10.1. The molecule has 1 aromatic heterocycles. The molecule has 1 aromatic carbocycles. The first-order valence-electron chi connectivity index (χ1n) is 7.41. The number of rotatable bonds is 6. The van der Waals surface area contributed by atoms with Gasteiger partial charge in [0.2, 0.25) is 0 Å². The molecule has 1 heterocycles. The second kappa shape index (κ2) is 8.44. The standard InChI is InChI=1S/C17H23N3OS/c1-4-18-17(20-12-16-13(2)8-9-22-16)19-11-14-6-5-7-15(10-14)21-3/h5-10H,4,11-12H2,1-3H3,(H2,18,19,20). The lowest BCUT2D eigenvalue weighted by molar-refractivity contribution is 0.414. The van der Waals surface area contributed by atoms with Crippen LogP contribution < -0.4 is 15.4 Å². The summed E-state index contributed by atoms with van der Waals surface area (Å²) < 4.78 is 5.24. The molecule has 0 aliphatic heterocycles. The SMILES string of the molecule is CCNC(=NCc1cccc(OC)c1)NCc1sccc1C. The molecule has 0 spiro atoms. The van der Waals surface area contributed by atoms with Crippen molar-refractivity contribution >= 4 is 17.3 Å². The van der Waals surface area contributed by atoms with Crippen LogP contribution in [0.1, 0.15) is 22.9 Å². The van der Waals surface area contributed by atoms with E-state index in [1.54, 1.807) is 18.4 Å². The first kappa shape index (κ1) is 16.4. The Bertz CT molecular complexity index is 622. The van der Waals surface area contributed by atoms with Crippen LogP contribution in [0.2, 0.25) is 0 Å². The first-order valence-corrected chi connectivity index (χ1v) is 8.29. The van der Waals surface area contributed by atoms with E-state index in [4.69, 9.17) is 4.74 Å². The van der Waals surface area contributed by atoms with E-state index >= 15 is 0 Å².